The normalized spacial score (nSPS) is 14.9. The van der Waals surface area contributed by atoms with Gasteiger partial charge in [-0.05, 0) is 49.6 Å². The zero-order valence-electron chi connectivity index (χ0n) is 15.4. The standard InChI is InChI=1S/C20H20FN7/c1-12(13-6-8-15(21)9-7-13)22-20-24-19(17-3-2-10-28(17)27-20)23-18-11-16(25-26-18)14-4-5-14/h2-3,6-12,14H,4-5H2,1H3,(H3,22,23,24,25,26,27)/t12-/m1/s1. The maximum absolute atomic E-state index is 13.2. The Morgan fingerprint density at radius 1 is 1.21 bits per heavy atom. The van der Waals surface area contributed by atoms with Crippen LogP contribution in [-0.4, -0.2) is 24.8 Å². The molecule has 0 unspecified atom stereocenters. The van der Waals surface area contributed by atoms with Gasteiger partial charge in [0.2, 0.25) is 5.95 Å². The maximum atomic E-state index is 13.2. The van der Waals surface area contributed by atoms with Crippen molar-refractivity contribution in [3.8, 4) is 0 Å². The van der Waals surface area contributed by atoms with Gasteiger partial charge in [0, 0.05) is 18.2 Å². The molecular formula is C20H20FN7. The molecule has 3 aromatic heterocycles. The number of hydrogen-bond acceptors (Lipinski definition) is 5. The van der Waals surface area contributed by atoms with E-state index in [-0.39, 0.29) is 11.9 Å². The Balaban J connectivity index is 1.42. The number of halogens is 1. The van der Waals surface area contributed by atoms with Crippen LogP contribution >= 0.6 is 0 Å². The molecule has 0 spiro atoms. The second-order valence-corrected chi connectivity index (χ2v) is 7.15. The van der Waals surface area contributed by atoms with Crippen LogP contribution in [0.2, 0.25) is 0 Å². The van der Waals surface area contributed by atoms with E-state index >= 15 is 0 Å². The van der Waals surface area contributed by atoms with Gasteiger partial charge in [-0.1, -0.05) is 12.1 Å². The number of rotatable bonds is 6. The van der Waals surface area contributed by atoms with Crippen LogP contribution in [0.25, 0.3) is 5.52 Å². The average molecular weight is 377 g/mol. The van der Waals surface area contributed by atoms with Crippen molar-refractivity contribution >= 4 is 23.1 Å². The topological polar surface area (TPSA) is 82.9 Å². The molecule has 0 aliphatic heterocycles. The minimum Gasteiger partial charge on any atom is -0.346 e. The first-order valence-electron chi connectivity index (χ1n) is 9.35. The van der Waals surface area contributed by atoms with Crippen molar-refractivity contribution in [1.82, 2.24) is 24.8 Å². The molecule has 1 aliphatic carbocycles. The minimum atomic E-state index is -0.252. The van der Waals surface area contributed by atoms with E-state index in [1.54, 1.807) is 16.6 Å². The first-order valence-corrected chi connectivity index (χ1v) is 9.35. The van der Waals surface area contributed by atoms with Crippen molar-refractivity contribution in [1.29, 1.82) is 0 Å². The van der Waals surface area contributed by atoms with Gasteiger partial charge < -0.3 is 10.6 Å². The number of nitrogens with one attached hydrogen (secondary N) is 3. The van der Waals surface area contributed by atoms with E-state index < -0.39 is 0 Å². The molecular weight excluding hydrogens is 357 g/mol. The highest BCUT2D eigenvalue weighted by Gasteiger charge is 2.26. The van der Waals surface area contributed by atoms with Gasteiger partial charge in [0.25, 0.3) is 0 Å². The monoisotopic (exact) mass is 377 g/mol. The molecule has 1 fully saturated rings. The second kappa shape index (κ2) is 6.63. The first kappa shape index (κ1) is 16.7. The smallest absolute Gasteiger partial charge is 0.243 e. The predicted octanol–water partition coefficient (Wildman–Crippen LogP) is 4.39. The highest BCUT2D eigenvalue weighted by molar-refractivity contribution is 5.73. The Bertz CT molecular complexity index is 1110. The van der Waals surface area contributed by atoms with Crippen molar-refractivity contribution in [2.45, 2.75) is 31.7 Å². The van der Waals surface area contributed by atoms with Crippen molar-refractivity contribution in [3.63, 3.8) is 0 Å². The van der Waals surface area contributed by atoms with Gasteiger partial charge in [-0.25, -0.2) is 8.91 Å². The quantitative estimate of drug-likeness (QED) is 0.464. The van der Waals surface area contributed by atoms with Gasteiger partial charge in [0.15, 0.2) is 5.82 Å². The van der Waals surface area contributed by atoms with Crippen molar-refractivity contribution < 1.29 is 4.39 Å². The fourth-order valence-corrected chi connectivity index (χ4v) is 3.23. The molecule has 0 saturated heterocycles. The van der Waals surface area contributed by atoms with E-state index in [2.05, 4.69) is 30.9 Å². The molecule has 5 rings (SSSR count). The van der Waals surface area contributed by atoms with Crippen LogP contribution < -0.4 is 10.6 Å². The summed E-state index contributed by atoms with van der Waals surface area (Å²) >= 11 is 0. The molecule has 0 radical (unpaired) electrons. The van der Waals surface area contributed by atoms with Crippen LogP contribution in [0, 0.1) is 5.82 Å². The summed E-state index contributed by atoms with van der Waals surface area (Å²) in [5.74, 6) is 2.29. The Hall–Kier alpha value is -3.42. The largest absolute Gasteiger partial charge is 0.346 e. The summed E-state index contributed by atoms with van der Waals surface area (Å²) in [7, 11) is 0. The zero-order valence-corrected chi connectivity index (χ0v) is 15.4. The van der Waals surface area contributed by atoms with Crippen LogP contribution in [0.4, 0.5) is 22.0 Å². The molecule has 3 N–H and O–H groups in total. The molecule has 8 heteroatoms. The Morgan fingerprint density at radius 2 is 2.04 bits per heavy atom. The number of fused-ring (bicyclic) bond motifs is 1. The van der Waals surface area contributed by atoms with Crippen LogP contribution in [0.15, 0.2) is 48.7 Å². The van der Waals surface area contributed by atoms with E-state index in [1.807, 2.05) is 31.3 Å². The number of aromatic nitrogens is 5. The third-order valence-electron chi connectivity index (χ3n) is 4.95. The predicted molar refractivity (Wildman–Crippen MR) is 105 cm³/mol. The first-order chi connectivity index (χ1) is 13.7. The van der Waals surface area contributed by atoms with E-state index in [0.29, 0.717) is 17.7 Å². The van der Waals surface area contributed by atoms with E-state index in [4.69, 9.17) is 0 Å². The lowest BCUT2D eigenvalue weighted by molar-refractivity contribution is 0.626. The summed E-state index contributed by atoms with van der Waals surface area (Å²) in [4.78, 5) is 4.65. The third-order valence-corrected chi connectivity index (χ3v) is 4.95. The van der Waals surface area contributed by atoms with Crippen LogP contribution in [0.5, 0.6) is 0 Å². The molecule has 1 aromatic carbocycles. The average Bonchev–Trinajstić information content (AvgIpc) is 3.24. The summed E-state index contributed by atoms with van der Waals surface area (Å²) in [6.45, 7) is 1.99. The Morgan fingerprint density at radius 3 is 2.82 bits per heavy atom. The summed E-state index contributed by atoms with van der Waals surface area (Å²) in [6, 6.07) is 12.2. The zero-order chi connectivity index (χ0) is 19.1. The molecule has 1 atom stereocenters. The summed E-state index contributed by atoms with van der Waals surface area (Å²) in [6.07, 6.45) is 4.28. The molecule has 4 aromatic rings. The molecule has 3 heterocycles. The summed E-state index contributed by atoms with van der Waals surface area (Å²) < 4.78 is 14.9. The maximum Gasteiger partial charge on any atom is 0.243 e. The van der Waals surface area contributed by atoms with Gasteiger partial charge >= 0.3 is 0 Å². The Kier molecular flexibility index (Phi) is 3.96. The second-order valence-electron chi connectivity index (χ2n) is 7.15. The number of H-pyrrole nitrogens is 1. The molecule has 0 bridgehead atoms. The lowest BCUT2D eigenvalue weighted by atomic mass is 10.1. The fraction of sp³-hybridized carbons (Fsp3) is 0.250. The van der Waals surface area contributed by atoms with Crippen LogP contribution in [0.1, 0.15) is 43.0 Å². The van der Waals surface area contributed by atoms with Gasteiger partial charge in [-0.2, -0.15) is 10.1 Å². The van der Waals surface area contributed by atoms with Crippen molar-refractivity contribution in [2.75, 3.05) is 10.6 Å². The van der Waals surface area contributed by atoms with Gasteiger partial charge in [-0.3, -0.25) is 5.10 Å². The molecule has 1 saturated carbocycles. The molecule has 28 heavy (non-hydrogen) atoms. The summed E-state index contributed by atoms with van der Waals surface area (Å²) in [5.41, 5.74) is 2.91. The highest BCUT2D eigenvalue weighted by Crippen LogP contribution is 2.39. The number of hydrogen-bond donors (Lipinski definition) is 3. The van der Waals surface area contributed by atoms with Gasteiger partial charge in [-0.15, -0.1) is 5.10 Å². The van der Waals surface area contributed by atoms with Crippen molar-refractivity contribution in [2.24, 2.45) is 0 Å². The number of aromatic amines is 1. The van der Waals surface area contributed by atoms with E-state index in [9.17, 15) is 4.39 Å². The fourth-order valence-electron chi connectivity index (χ4n) is 3.23. The van der Waals surface area contributed by atoms with Crippen LogP contribution in [-0.2, 0) is 0 Å². The van der Waals surface area contributed by atoms with Crippen molar-refractivity contribution in [3.05, 3.63) is 65.7 Å². The van der Waals surface area contributed by atoms with Crippen LogP contribution in [0.3, 0.4) is 0 Å². The lowest BCUT2D eigenvalue weighted by Gasteiger charge is -2.15. The van der Waals surface area contributed by atoms with Gasteiger partial charge in [0.1, 0.15) is 17.2 Å². The number of benzene rings is 1. The molecule has 0 amide bonds. The summed E-state index contributed by atoms with van der Waals surface area (Å²) in [5, 5.41) is 18.5. The SMILES string of the molecule is C[C@@H](Nc1nc(Nc2cc(C3CC3)n[nH]2)c2cccn2n1)c1ccc(F)cc1. The third kappa shape index (κ3) is 3.28. The highest BCUT2D eigenvalue weighted by atomic mass is 19.1. The Labute approximate surface area is 161 Å². The van der Waals surface area contributed by atoms with E-state index in [0.717, 1.165) is 22.6 Å². The number of nitrogens with zero attached hydrogens (tertiary/aromatic N) is 4. The minimum absolute atomic E-state index is 0.0740. The molecule has 142 valence electrons. The van der Waals surface area contributed by atoms with E-state index in [1.165, 1.54) is 25.0 Å². The molecule has 1 aliphatic rings. The number of anilines is 3. The molecule has 7 nitrogen and oxygen atoms in total. The lowest BCUT2D eigenvalue weighted by Crippen LogP contribution is -2.12. The van der Waals surface area contributed by atoms with Gasteiger partial charge in [0.05, 0.1) is 11.7 Å².